The minimum Gasteiger partial charge on any atom is -0.406 e. The maximum atomic E-state index is 12.4. The van der Waals surface area contributed by atoms with E-state index < -0.39 is 6.36 Å². The Balaban J connectivity index is 1.39. The van der Waals surface area contributed by atoms with Gasteiger partial charge < -0.3 is 10.1 Å². The van der Waals surface area contributed by atoms with Crippen molar-refractivity contribution in [1.29, 1.82) is 0 Å². The number of ether oxygens (including phenoxy) is 1. The Bertz CT molecular complexity index is 1730. The third-order valence-electron chi connectivity index (χ3n) is 5.52. The Hall–Kier alpha value is -3.83. The van der Waals surface area contributed by atoms with Gasteiger partial charge in [0, 0.05) is 15.4 Å². The standard InChI is InChI=1S/C26H17BrF3N5OS/c27-21-3-1-2-4-22(21)33-25(37)34-32-14-16-5-11-20-17(13-16)6-12-23-24(20)31-15-35(23)18-7-9-19(10-8-18)36-26(28,29)30/h1-5,7-15H,6H2,(H,33,37)/b16-14+,34-32?. The maximum absolute atomic E-state index is 12.4. The fourth-order valence-corrected chi connectivity index (χ4v) is 4.47. The Kier molecular flexibility index (Phi) is 6.90. The molecular formula is C26H17BrF3N5OS. The summed E-state index contributed by atoms with van der Waals surface area (Å²) in [4.78, 5) is 4.56. The van der Waals surface area contributed by atoms with E-state index in [1.807, 2.05) is 53.1 Å². The number of hydrogen-bond acceptors (Lipinski definition) is 4. The first-order chi connectivity index (χ1) is 17.8. The first kappa shape index (κ1) is 24.8. The van der Waals surface area contributed by atoms with Gasteiger partial charge in [-0.25, -0.2) is 4.98 Å². The summed E-state index contributed by atoms with van der Waals surface area (Å²) in [6.45, 7) is 0. The highest BCUT2D eigenvalue weighted by atomic mass is 79.9. The summed E-state index contributed by atoms with van der Waals surface area (Å²) in [5.74, 6) is -0.273. The summed E-state index contributed by atoms with van der Waals surface area (Å²) >= 11 is 8.69. The number of fused-ring (bicyclic) bond motifs is 2. The van der Waals surface area contributed by atoms with E-state index in [0.29, 0.717) is 12.1 Å². The predicted octanol–water partition coefficient (Wildman–Crippen LogP) is 5.74. The lowest BCUT2D eigenvalue weighted by molar-refractivity contribution is -0.274. The summed E-state index contributed by atoms with van der Waals surface area (Å²) < 4.78 is 44.0. The molecule has 186 valence electrons. The van der Waals surface area contributed by atoms with Gasteiger partial charge in [0.05, 0.1) is 22.6 Å². The molecule has 0 aliphatic heterocycles. The van der Waals surface area contributed by atoms with Crippen molar-refractivity contribution in [2.24, 2.45) is 10.2 Å². The lowest BCUT2D eigenvalue weighted by Gasteiger charge is -2.10. The number of nitrogens with zero attached hydrogens (tertiary/aromatic N) is 4. The third kappa shape index (κ3) is 5.78. The Morgan fingerprint density at radius 2 is 1.89 bits per heavy atom. The van der Waals surface area contributed by atoms with E-state index in [1.165, 1.54) is 12.1 Å². The molecule has 1 heterocycles. The zero-order valence-corrected chi connectivity index (χ0v) is 21.3. The van der Waals surface area contributed by atoms with Crippen molar-refractivity contribution < 1.29 is 17.9 Å². The fraction of sp³-hybridized carbons (Fsp3) is 0.0769. The van der Waals surface area contributed by atoms with Crippen molar-refractivity contribution in [1.82, 2.24) is 9.55 Å². The lowest BCUT2D eigenvalue weighted by Crippen LogP contribution is -2.19. The number of imidazole rings is 1. The van der Waals surface area contributed by atoms with Gasteiger partial charge in [0.1, 0.15) is 12.1 Å². The molecule has 1 N–H and O–H groups in total. The maximum Gasteiger partial charge on any atom is 0.573 e. The van der Waals surface area contributed by atoms with Gasteiger partial charge in [0.15, 0.2) is 0 Å². The molecule has 0 radical (unpaired) electrons. The molecule has 0 saturated carbocycles. The van der Waals surface area contributed by atoms with Gasteiger partial charge in [-0.05, 0) is 87.8 Å². The largest absolute Gasteiger partial charge is 0.573 e. The average Bonchev–Trinajstić information content (AvgIpc) is 3.29. The van der Waals surface area contributed by atoms with Crippen molar-refractivity contribution >= 4 is 51.2 Å². The zero-order chi connectivity index (χ0) is 26.0. The number of hydrogen-bond donors (Lipinski definition) is 1. The van der Waals surface area contributed by atoms with E-state index in [2.05, 4.69) is 41.2 Å². The van der Waals surface area contributed by atoms with Crippen LogP contribution in [0.25, 0.3) is 18.0 Å². The van der Waals surface area contributed by atoms with Gasteiger partial charge in [0.2, 0.25) is 5.11 Å². The van der Waals surface area contributed by atoms with Crippen molar-refractivity contribution in [3.05, 3.63) is 104 Å². The number of halogens is 4. The number of benzene rings is 3. The number of alkyl halides is 3. The van der Waals surface area contributed by atoms with Gasteiger partial charge >= 0.3 is 6.36 Å². The molecule has 11 heteroatoms. The Morgan fingerprint density at radius 3 is 2.65 bits per heavy atom. The van der Waals surface area contributed by atoms with Crippen LogP contribution in [0.4, 0.5) is 18.9 Å². The van der Waals surface area contributed by atoms with Gasteiger partial charge in [-0.3, -0.25) is 4.57 Å². The highest BCUT2D eigenvalue weighted by Crippen LogP contribution is 2.24. The van der Waals surface area contributed by atoms with Crippen LogP contribution in [-0.4, -0.2) is 21.0 Å². The second-order valence-electron chi connectivity index (χ2n) is 7.97. The van der Waals surface area contributed by atoms with Crippen molar-refractivity contribution in [2.45, 2.75) is 12.8 Å². The quantitative estimate of drug-likeness (QED) is 0.246. The molecule has 0 spiro atoms. The number of para-hydroxylation sites is 1. The van der Waals surface area contributed by atoms with Gasteiger partial charge in [-0.2, -0.15) is 5.11 Å². The highest BCUT2D eigenvalue weighted by Gasteiger charge is 2.31. The Morgan fingerprint density at radius 1 is 1.11 bits per heavy atom. The molecular weight excluding hydrogens is 567 g/mol. The predicted molar refractivity (Wildman–Crippen MR) is 141 cm³/mol. The van der Waals surface area contributed by atoms with E-state index in [-0.39, 0.29) is 10.9 Å². The van der Waals surface area contributed by atoms with Crippen molar-refractivity contribution in [3.8, 4) is 11.4 Å². The molecule has 0 unspecified atom stereocenters. The van der Waals surface area contributed by atoms with Crippen LogP contribution in [-0.2, 0) is 6.42 Å². The van der Waals surface area contributed by atoms with Crippen molar-refractivity contribution in [3.63, 3.8) is 0 Å². The molecule has 0 amide bonds. The lowest BCUT2D eigenvalue weighted by atomic mass is 10.0. The van der Waals surface area contributed by atoms with Crippen LogP contribution >= 0.6 is 28.1 Å². The summed E-state index contributed by atoms with van der Waals surface area (Å²) in [6, 6.07) is 19.2. The first-order valence-corrected chi connectivity index (χ1v) is 12.2. The van der Waals surface area contributed by atoms with E-state index in [1.54, 1.807) is 24.7 Å². The van der Waals surface area contributed by atoms with E-state index >= 15 is 0 Å². The summed E-state index contributed by atoms with van der Waals surface area (Å²) in [5.41, 5.74) is 2.56. The summed E-state index contributed by atoms with van der Waals surface area (Å²) in [7, 11) is 0. The molecule has 1 aliphatic rings. The van der Waals surface area contributed by atoms with Crippen LogP contribution in [0.2, 0.25) is 0 Å². The topological polar surface area (TPSA) is 63.8 Å². The van der Waals surface area contributed by atoms with Gasteiger partial charge in [-0.1, -0.05) is 30.3 Å². The van der Waals surface area contributed by atoms with Crippen LogP contribution in [0.3, 0.4) is 0 Å². The highest BCUT2D eigenvalue weighted by molar-refractivity contribution is 9.10. The molecule has 0 saturated heterocycles. The number of azo groups is 1. The monoisotopic (exact) mass is 583 g/mol. The molecule has 37 heavy (non-hydrogen) atoms. The average molecular weight is 584 g/mol. The summed E-state index contributed by atoms with van der Waals surface area (Å²) in [6.07, 6.45) is 1.25. The molecule has 1 aliphatic carbocycles. The number of anilines is 1. The molecule has 0 atom stereocenters. The Labute approximate surface area is 222 Å². The van der Waals surface area contributed by atoms with Gasteiger partial charge in [0.25, 0.3) is 0 Å². The molecule has 4 aromatic rings. The van der Waals surface area contributed by atoms with Crippen LogP contribution in [0.15, 0.2) is 87.8 Å². The number of aromatic nitrogens is 2. The normalized spacial score (nSPS) is 13.1. The van der Waals surface area contributed by atoms with Crippen LogP contribution < -0.4 is 20.6 Å². The van der Waals surface area contributed by atoms with Gasteiger partial charge in [-0.15, -0.1) is 18.3 Å². The molecule has 5 rings (SSSR count). The van der Waals surface area contributed by atoms with Crippen LogP contribution in [0, 0.1) is 10.6 Å². The number of rotatable bonds is 4. The molecule has 0 bridgehead atoms. The first-order valence-electron chi connectivity index (χ1n) is 11.0. The van der Waals surface area contributed by atoms with Crippen LogP contribution in [0.5, 0.6) is 5.75 Å². The molecule has 1 aromatic heterocycles. The second kappa shape index (κ2) is 10.3. The molecule has 0 fully saturated rings. The minimum absolute atomic E-state index is 0.239. The SMILES string of the molecule is FC(F)(F)Oc1ccc(-n2cnc3c2=CCc2c/c(=C/N=NC(=S)Nc4ccccc4Br)ccc2=3)cc1. The summed E-state index contributed by atoms with van der Waals surface area (Å²) in [5, 5.41) is 14.9. The number of nitrogens with one attached hydrogen (secondary N) is 1. The minimum atomic E-state index is -4.73. The fourth-order valence-electron chi connectivity index (χ4n) is 3.93. The van der Waals surface area contributed by atoms with E-state index in [4.69, 9.17) is 12.2 Å². The smallest absolute Gasteiger partial charge is 0.406 e. The third-order valence-corrected chi connectivity index (χ3v) is 6.40. The van der Waals surface area contributed by atoms with Crippen LogP contribution in [0.1, 0.15) is 5.56 Å². The second-order valence-corrected chi connectivity index (χ2v) is 9.21. The number of thiocarbonyl (C=S) groups is 1. The molecule has 3 aromatic carbocycles. The molecule has 6 nitrogen and oxygen atoms in total. The van der Waals surface area contributed by atoms with Crippen molar-refractivity contribution in [2.75, 3.05) is 5.32 Å². The van der Waals surface area contributed by atoms with E-state index in [0.717, 1.165) is 36.9 Å². The zero-order valence-electron chi connectivity index (χ0n) is 18.9. The van der Waals surface area contributed by atoms with E-state index in [9.17, 15) is 13.2 Å².